The first-order chi connectivity index (χ1) is 16.5. The molecular formula is C26H22ClN6O+. The normalized spacial score (nSPS) is 17.1. The lowest BCUT2D eigenvalue weighted by Crippen LogP contribution is -2.56. The number of para-hydroxylation sites is 2. The fourth-order valence-corrected chi connectivity index (χ4v) is 4.09. The number of hydrogen-bond acceptors (Lipinski definition) is 5. The van der Waals surface area contributed by atoms with Crippen molar-refractivity contribution in [1.29, 1.82) is 0 Å². The number of fused-ring (bicyclic) bond motifs is 1. The van der Waals surface area contributed by atoms with Crippen LogP contribution in [-0.2, 0) is 0 Å². The van der Waals surface area contributed by atoms with Gasteiger partial charge in [-0.3, -0.25) is 4.79 Å². The van der Waals surface area contributed by atoms with Gasteiger partial charge in [-0.1, -0.05) is 64.7 Å². The molecule has 2 heterocycles. The third kappa shape index (κ3) is 4.14. The van der Waals surface area contributed by atoms with Gasteiger partial charge in [0.2, 0.25) is 12.3 Å². The molecule has 1 aliphatic rings. The molecule has 1 aromatic heterocycles. The molecule has 0 spiro atoms. The molecule has 1 aliphatic heterocycles. The number of aromatic nitrogens is 2. The standard InChI is InChI=1S/C26H21ClN6O/c1-18(19-8-3-2-4-9-19)30-26-28-15-14-24(31-26)33(17-29-22-12-5-6-13-23(22)33)32-25(34)20-10-7-11-21(27)16-20/h2-18H,1H3,(H-,28,30,31,32,34)/p+1. The van der Waals surface area contributed by atoms with Crippen LogP contribution in [0.1, 0.15) is 28.9 Å². The Morgan fingerprint density at radius 2 is 1.76 bits per heavy atom. The van der Waals surface area contributed by atoms with Crippen molar-refractivity contribution in [3.8, 4) is 0 Å². The largest absolute Gasteiger partial charge is 0.348 e. The molecule has 4 aromatic rings. The number of carbonyl (C=O) groups excluding carboxylic acids is 1. The Kier molecular flexibility index (Phi) is 5.79. The van der Waals surface area contributed by atoms with Crippen LogP contribution in [0.15, 0.2) is 96.1 Å². The molecule has 34 heavy (non-hydrogen) atoms. The summed E-state index contributed by atoms with van der Waals surface area (Å²) in [6.07, 6.45) is 3.34. The Morgan fingerprint density at radius 3 is 2.59 bits per heavy atom. The molecule has 2 atom stereocenters. The average molecular weight is 470 g/mol. The van der Waals surface area contributed by atoms with E-state index in [4.69, 9.17) is 16.6 Å². The highest BCUT2D eigenvalue weighted by molar-refractivity contribution is 6.31. The summed E-state index contributed by atoms with van der Waals surface area (Å²) >= 11 is 6.12. The summed E-state index contributed by atoms with van der Waals surface area (Å²) in [4.78, 5) is 27.0. The molecule has 2 N–H and O–H groups in total. The Balaban J connectivity index is 1.53. The maximum Gasteiger partial charge on any atom is 0.297 e. The molecule has 5 rings (SSSR count). The number of halogens is 1. The average Bonchev–Trinajstić information content (AvgIpc) is 3.24. The first-order valence-corrected chi connectivity index (χ1v) is 11.2. The van der Waals surface area contributed by atoms with Crippen molar-refractivity contribution in [2.24, 2.45) is 4.99 Å². The van der Waals surface area contributed by atoms with Crippen molar-refractivity contribution in [3.63, 3.8) is 0 Å². The first kappa shape index (κ1) is 21.8. The molecule has 0 aliphatic carbocycles. The van der Waals surface area contributed by atoms with Crippen molar-refractivity contribution in [3.05, 3.63) is 107 Å². The number of hydrogen-bond donors (Lipinski definition) is 2. The van der Waals surface area contributed by atoms with E-state index < -0.39 is 0 Å². The quantitative estimate of drug-likeness (QED) is 0.341. The molecule has 8 heteroatoms. The van der Waals surface area contributed by atoms with E-state index in [-0.39, 0.29) is 16.5 Å². The highest BCUT2D eigenvalue weighted by Gasteiger charge is 2.43. The van der Waals surface area contributed by atoms with Crippen LogP contribution in [-0.4, -0.2) is 22.2 Å². The van der Waals surface area contributed by atoms with Crippen molar-refractivity contribution >= 4 is 47.0 Å². The first-order valence-electron chi connectivity index (χ1n) is 10.8. The number of nitrogens with one attached hydrogen (secondary N) is 2. The smallest absolute Gasteiger partial charge is 0.297 e. The van der Waals surface area contributed by atoms with Crippen LogP contribution in [0.3, 0.4) is 0 Å². The van der Waals surface area contributed by atoms with Crippen molar-refractivity contribution in [2.45, 2.75) is 13.0 Å². The number of carbonyl (C=O) groups is 1. The van der Waals surface area contributed by atoms with Crippen molar-refractivity contribution in [1.82, 2.24) is 20.0 Å². The van der Waals surface area contributed by atoms with E-state index in [0.717, 1.165) is 16.9 Å². The van der Waals surface area contributed by atoms with Gasteiger partial charge in [-0.2, -0.15) is 15.4 Å². The van der Waals surface area contributed by atoms with Crippen LogP contribution >= 0.6 is 11.6 Å². The predicted molar refractivity (Wildman–Crippen MR) is 135 cm³/mol. The SMILES string of the molecule is CC(Nc1nccc([N+]2(NC(=O)c3cccc(Cl)c3)C=Nc3ccccc32)n1)c1ccccc1. The second-order valence-corrected chi connectivity index (χ2v) is 8.36. The lowest BCUT2D eigenvalue weighted by atomic mass is 10.1. The van der Waals surface area contributed by atoms with Gasteiger partial charge in [-0.15, -0.1) is 0 Å². The maximum atomic E-state index is 13.3. The van der Waals surface area contributed by atoms with E-state index in [0.29, 0.717) is 22.4 Å². The monoisotopic (exact) mass is 469 g/mol. The molecule has 0 saturated carbocycles. The molecule has 1 amide bonds. The zero-order valence-electron chi connectivity index (χ0n) is 18.4. The summed E-state index contributed by atoms with van der Waals surface area (Å²) in [5, 5.41) is 3.83. The van der Waals surface area contributed by atoms with Gasteiger partial charge >= 0.3 is 0 Å². The third-order valence-electron chi connectivity index (χ3n) is 5.64. The second-order valence-electron chi connectivity index (χ2n) is 7.92. The molecule has 0 radical (unpaired) electrons. The zero-order valence-corrected chi connectivity index (χ0v) is 19.1. The van der Waals surface area contributed by atoms with Gasteiger partial charge in [0.25, 0.3) is 11.7 Å². The van der Waals surface area contributed by atoms with Gasteiger partial charge < -0.3 is 5.32 Å². The number of nitrogens with zero attached hydrogens (tertiary/aromatic N) is 4. The Bertz CT molecular complexity index is 1380. The minimum atomic E-state index is -0.309. The lowest BCUT2D eigenvalue weighted by molar-refractivity contribution is 0.0904. The predicted octanol–water partition coefficient (Wildman–Crippen LogP) is 5.96. The van der Waals surface area contributed by atoms with Crippen LogP contribution in [0.25, 0.3) is 0 Å². The van der Waals surface area contributed by atoms with Crippen LogP contribution in [0.4, 0.5) is 23.1 Å². The van der Waals surface area contributed by atoms with Crippen molar-refractivity contribution in [2.75, 3.05) is 5.32 Å². The Hall–Kier alpha value is -4.07. The molecule has 0 saturated heterocycles. The Morgan fingerprint density at radius 1 is 0.971 bits per heavy atom. The van der Waals surface area contributed by atoms with Crippen LogP contribution < -0.4 is 15.3 Å². The second kappa shape index (κ2) is 9.05. The summed E-state index contributed by atoms with van der Waals surface area (Å²) < 4.78 is -0.182. The van der Waals surface area contributed by atoms with E-state index in [2.05, 4.69) is 20.7 Å². The Labute approximate surface area is 202 Å². The molecule has 2 unspecified atom stereocenters. The summed E-state index contributed by atoms with van der Waals surface area (Å²) in [5.41, 5.74) is 6.17. The fourth-order valence-electron chi connectivity index (χ4n) is 3.90. The number of amides is 1. The summed E-state index contributed by atoms with van der Waals surface area (Å²) in [5.74, 6) is 0.680. The van der Waals surface area contributed by atoms with E-state index >= 15 is 0 Å². The highest BCUT2D eigenvalue weighted by Crippen LogP contribution is 2.42. The number of aliphatic imine (C=N–C) groups is 1. The van der Waals surface area contributed by atoms with Crippen LogP contribution in [0.5, 0.6) is 0 Å². The van der Waals surface area contributed by atoms with Gasteiger partial charge in [-0.25, -0.2) is 4.98 Å². The molecule has 3 aromatic carbocycles. The van der Waals surface area contributed by atoms with E-state index in [1.807, 2.05) is 61.5 Å². The molecule has 168 valence electrons. The van der Waals surface area contributed by atoms with Gasteiger partial charge in [-0.05, 0) is 36.8 Å². The zero-order chi connectivity index (χ0) is 23.5. The van der Waals surface area contributed by atoms with Crippen LogP contribution in [0, 0.1) is 0 Å². The number of rotatable bonds is 6. The van der Waals surface area contributed by atoms with Gasteiger partial charge in [0.05, 0.1) is 6.04 Å². The number of quaternary nitrogens is 1. The third-order valence-corrected chi connectivity index (χ3v) is 5.88. The fraction of sp³-hybridized carbons (Fsp3) is 0.0769. The number of benzene rings is 3. The van der Waals surface area contributed by atoms with E-state index in [1.54, 1.807) is 42.9 Å². The molecule has 0 fully saturated rings. The molecular weight excluding hydrogens is 448 g/mol. The van der Waals surface area contributed by atoms with Gasteiger partial charge in [0.1, 0.15) is 5.69 Å². The van der Waals surface area contributed by atoms with Gasteiger partial charge in [0.15, 0.2) is 5.69 Å². The minimum absolute atomic E-state index is 0.00881. The van der Waals surface area contributed by atoms with Crippen molar-refractivity contribution < 1.29 is 4.79 Å². The minimum Gasteiger partial charge on any atom is -0.348 e. The topological polar surface area (TPSA) is 79.3 Å². The van der Waals surface area contributed by atoms with Crippen LogP contribution in [0.2, 0.25) is 5.02 Å². The number of anilines is 1. The molecule has 7 nitrogen and oxygen atoms in total. The highest BCUT2D eigenvalue weighted by atomic mass is 35.5. The lowest BCUT2D eigenvalue weighted by Gasteiger charge is -2.28. The maximum absolute atomic E-state index is 13.3. The van der Waals surface area contributed by atoms with E-state index in [9.17, 15) is 4.79 Å². The summed E-state index contributed by atoms with van der Waals surface area (Å²) in [6, 6.07) is 26.3. The van der Waals surface area contributed by atoms with E-state index in [1.165, 1.54) is 0 Å². The molecule has 0 bridgehead atoms. The summed E-state index contributed by atoms with van der Waals surface area (Å²) in [6.45, 7) is 2.04. The van der Waals surface area contributed by atoms with Gasteiger partial charge in [0, 0.05) is 28.9 Å². The summed E-state index contributed by atoms with van der Waals surface area (Å²) in [7, 11) is 0.